The molecule has 0 bridgehead atoms. The molecule has 0 atom stereocenters. The number of hydrogen-bond donors (Lipinski definition) is 0. The van der Waals surface area contributed by atoms with Crippen molar-refractivity contribution in [2.45, 2.75) is 13.3 Å². The number of rotatable bonds is 4. The lowest BCUT2D eigenvalue weighted by molar-refractivity contribution is 0.496. The Hall–Kier alpha value is -2.46. The van der Waals surface area contributed by atoms with Crippen LogP contribution in [0.1, 0.15) is 28.5 Å². The number of aryl methyl sites for hydroxylation is 1. The number of halogens is 2. The zero-order chi connectivity index (χ0) is 16.2. The van der Waals surface area contributed by atoms with Crippen LogP contribution in [0.2, 0.25) is 5.02 Å². The normalized spacial score (nSPS) is 11.3. The van der Waals surface area contributed by atoms with Gasteiger partial charge < -0.3 is 4.42 Å². The summed E-state index contributed by atoms with van der Waals surface area (Å²) in [6.07, 6.45) is 3.96. The standard InChI is InChI=1S/C18H14ClFN2O/c1-12-3-2-4-13(9-12)10-18-22-21-17(23-18)8-6-14-5-7-15(20)11-16(14)19/h2-9,11H,10H2,1H3. The third kappa shape index (κ3) is 4.05. The summed E-state index contributed by atoms with van der Waals surface area (Å²) in [4.78, 5) is 0. The third-order valence-electron chi connectivity index (χ3n) is 3.29. The lowest BCUT2D eigenvalue weighted by Gasteiger charge is -1.98. The quantitative estimate of drug-likeness (QED) is 0.681. The van der Waals surface area contributed by atoms with Gasteiger partial charge in [0.15, 0.2) is 0 Å². The zero-order valence-corrected chi connectivity index (χ0v) is 13.2. The minimum absolute atomic E-state index is 0.334. The predicted octanol–water partition coefficient (Wildman–Crippen LogP) is 4.93. The van der Waals surface area contributed by atoms with Crippen LogP contribution in [0, 0.1) is 12.7 Å². The highest BCUT2D eigenvalue weighted by molar-refractivity contribution is 6.32. The zero-order valence-electron chi connectivity index (χ0n) is 12.5. The summed E-state index contributed by atoms with van der Waals surface area (Å²) in [5.41, 5.74) is 2.99. The average Bonchev–Trinajstić information content (AvgIpc) is 2.94. The van der Waals surface area contributed by atoms with E-state index in [2.05, 4.69) is 16.3 Å². The molecule has 116 valence electrons. The van der Waals surface area contributed by atoms with E-state index in [1.54, 1.807) is 18.2 Å². The van der Waals surface area contributed by atoms with E-state index in [1.807, 2.05) is 25.1 Å². The minimum Gasteiger partial charge on any atom is -0.421 e. The second kappa shape index (κ2) is 6.75. The first-order valence-corrected chi connectivity index (χ1v) is 7.49. The van der Waals surface area contributed by atoms with E-state index in [9.17, 15) is 4.39 Å². The molecule has 3 rings (SSSR count). The van der Waals surface area contributed by atoms with Crippen LogP contribution in [0.5, 0.6) is 0 Å². The van der Waals surface area contributed by atoms with E-state index in [0.29, 0.717) is 28.8 Å². The fourth-order valence-corrected chi connectivity index (χ4v) is 2.43. The Labute approximate surface area is 138 Å². The van der Waals surface area contributed by atoms with Crippen LogP contribution < -0.4 is 0 Å². The van der Waals surface area contributed by atoms with Crippen LogP contribution in [0.4, 0.5) is 4.39 Å². The molecule has 0 saturated carbocycles. The summed E-state index contributed by atoms with van der Waals surface area (Å²) < 4.78 is 18.6. The van der Waals surface area contributed by atoms with Gasteiger partial charge in [0.25, 0.3) is 0 Å². The van der Waals surface area contributed by atoms with Gasteiger partial charge in [-0.1, -0.05) is 47.5 Å². The van der Waals surface area contributed by atoms with Crippen LogP contribution in [-0.4, -0.2) is 10.2 Å². The number of benzene rings is 2. The molecule has 0 radical (unpaired) electrons. The number of nitrogens with zero attached hydrogens (tertiary/aromatic N) is 2. The molecule has 0 fully saturated rings. The molecule has 0 amide bonds. The molecule has 2 aromatic carbocycles. The summed E-state index contributed by atoms with van der Waals surface area (Å²) in [6, 6.07) is 12.3. The highest BCUT2D eigenvalue weighted by Gasteiger charge is 2.05. The smallest absolute Gasteiger partial charge is 0.240 e. The fourth-order valence-electron chi connectivity index (χ4n) is 2.20. The van der Waals surface area contributed by atoms with Gasteiger partial charge in [-0.3, -0.25) is 0 Å². The Kier molecular flexibility index (Phi) is 4.53. The Balaban J connectivity index is 1.73. The topological polar surface area (TPSA) is 38.9 Å². The maximum Gasteiger partial charge on any atom is 0.240 e. The molecule has 5 heteroatoms. The van der Waals surface area contributed by atoms with Gasteiger partial charge in [-0.2, -0.15) is 0 Å². The van der Waals surface area contributed by atoms with E-state index in [-0.39, 0.29) is 5.82 Å². The highest BCUT2D eigenvalue weighted by atomic mass is 35.5. The van der Waals surface area contributed by atoms with Crippen LogP contribution in [-0.2, 0) is 6.42 Å². The van der Waals surface area contributed by atoms with E-state index in [4.69, 9.17) is 16.0 Å². The third-order valence-corrected chi connectivity index (χ3v) is 3.62. The second-order valence-corrected chi connectivity index (χ2v) is 5.61. The van der Waals surface area contributed by atoms with Crippen molar-refractivity contribution >= 4 is 23.8 Å². The van der Waals surface area contributed by atoms with Gasteiger partial charge >= 0.3 is 0 Å². The molecule has 0 aliphatic carbocycles. The monoisotopic (exact) mass is 328 g/mol. The maximum absolute atomic E-state index is 13.0. The van der Waals surface area contributed by atoms with Crippen molar-refractivity contribution in [3.05, 3.63) is 81.8 Å². The lowest BCUT2D eigenvalue weighted by Crippen LogP contribution is -1.88. The van der Waals surface area contributed by atoms with Crippen molar-refractivity contribution in [2.24, 2.45) is 0 Å². The molecule has 0 N–H and O–H groups in total. The molecule has 0 aliphatic heterocycles. The lowest BCUT2D eigenvalue weighted by atomic mass is 10.1. The molecule has 3 nitrogen and oxygen atoms in total. The molecular formula is C18H14ClFN2O. The van der Waals surface area contributed by atoms with Crippen molar-refractivity contribution in [3.63, 3.8) is 0 Å². The van der Waals surface area contributed by atoms with Gasteiger partial charge in [0.05, 0.1) is 11.4 Å². The van der Waals surface area contributed by atoms with Crippen molar-refractivity contribution in [1.29, 1.82) is 0 Å². The molecule has 0 unspecified atom stereocenters. The molecule has 0 spiro atoms. The Morgan fingerprint density at radius 1 is 1.13 bits per heavy atom. The van der Waals surface area contributed by atoms with Gasteiger partial charge in [-0.25, -0.2) is 4.39 Å². The van der Waals surface area contributed by atoms with Crippen molar-refractivity contribution in [2.75, 3.05) is 0 Å². The molecule has 0 aliphatic rings. The van der Waals surface area contributed by atoms with Gasteiger partial charge in [-0.15, -0.1) is 10.2 Å². The van der Waals surface area contributed by atoms with E-state index >= 15 is 0 Å². The summed E-state index contributed by atoms with van der Waals surface area (Å²) in [6.45, 7) is 2.04. The van der Waals surface area contributed by atoms with Crippen molar-refractivity contribution in [1.82, 2.24) is 10.2 Å². The van der Waals surface area contributed by atoms with Gasteiger partial charge in [0.2, 0.25) is 11.8 Å². The molecule has 3 aromatic rings. The van der Waals surface area contributed by atoms with Gasteiger partial charge in [0.1, 0.15) is 5.82 Å². The Bertz CT molecular complexity index is 858. The molecule has 23 heavy (non-hydrogen) atoms. The van der Waals surface area contributed by atoms with E-state index in [1.165, 1.54) is 17.7 Å². The highest BCUT2D eigenvalue weighted by Crippen LogP contribution is 2.20. The van der Waals surface area contributed by atoms with Gasteiger partial charge in [-0.05, 0) is 36.3 Å². The molecular weight excluding hydrogens is 315 g/mol. The summed E-state index contributed by atoms with van der Waals surface area (Å²) >= 11 is 5.97. The van der Waals surface area contributed by atoms with Crippen LogP contribution in [0.3, 0.4) is 0 Å². The van der Waals surface area contributed by atoms with Crippen molar-refractivity contribution < 1.29 is 8.81 Å². The minimum atomic E-state index is -0.370. The fraction of sp³-hybridized carbons (Fsp3) is 0.111. The van der Waals surface area contributed by atoms with E-state index < -0.39 is 0 Å². The molecule has 0 saturated heterocycles. The largest absolute Gasteiger partial charge is 0.421 e. The van der Waals surface area contributed by atoms with Gasteiger partial charge in [0, 0.05) is 6.08 Å². The Morgan fingerprint density at radius 2 is 2.00 bits per heavy atom. The predicted molar refractivity (Wildman–Crippen MR) is 88.6 cm³/mol. The van der Waals surface area contributed by atoms with E-state index in [0.717, 1.165) is 5.56 Å². The molecule has 1 heterocycles. The first kappa shape index (κ1) is 15.4. The second-order valence-electron chi connectivity index (χ2n) is 5.20. The summed E-state index contributed by atoms with van der Waals surface area (Å²) in [5.74, 6) is 0.555. The number of hydrogen-bond acceptors (Lipinski definition) is 3. The van der Waals surface area contributed by atoms with Crippen LogP contribution in [0.15, 0.2) is 46.9 Å². The average molecular weight is 329 g/mol. The molecule has 1 aromatic heterocycles. The Morgan fingerprint density at radius 3 is 2.78 bits per heavy atom. The SMILES string of the molecule is Cc1cccc(Cc2nnc(C=Cc3ccc(F)cc3Cl)o2)c1. The number of aromatic nitrogens is 2. The first-order valence-electron chi connectivity index (χ1n) is 7.11. The summed E-state index contributed by atoms with van der Waals surface area (Å²) in [7, 11) is 0. The van der Waals surface area contributed by atoms with Crippen molar-refractivity contribution in [3.8, 4) is 0 Å². The summed E-state index contributed by atoms with van der Waals surface area (Å²) in [5, 5.41) is 8.34. The first-order chi connectivity index (χ1) is 11.1. The van der Waals surface area contributed by atoms with Crippen LogP contribution in [0.25, 0.3) is 12.2 Å². The maximum atomic E-state index is 13.0. The van der Waals surface area contributed by atoms with Crippen LogP contribution >= 0.6 is 11.6 Å².